The number of hydrogen-bond acceptors (Lipinski definition) is 6. The Hall–Kier alpha value is -2.05. The van der Waals surface area contributed by atoms with Crippen molar-refractivity contribution >= 4 is 40.9 Å². The Morgan fingerprint density at radius 2 is 2.04 bits per heavy atom. The van der Waals surface area contributed by atoms with E-state index in [2.05, 4.69) is 5.32 Å². The van der Waals surface area contributed by atoms with E-state index in [1.807, 2.05) is 0 Å². The molecule has 5 nitrogen and oxygen atoms in total. The molecule has 2 aliphatic rings. The van der Waals surface area contributed by atoms with Gasteiger partial charge in [-0.25, -0.2) is 4.79 Å². The fourth-order valence-electron chi connectivity index (χ4n) is 2.69. The molecule has 1 aromatic carbocycles. The zero-order chi connectivity index (χ0) is 18.0. The fraction of sp³-hybridized carbons (Fsp3) is 0.278. The van der Waals surface area contributed by atoms with Gasteiger partial charge in [0.05, 0.1) is 21.4 Å². The lowest BCUT2D eigenvalue weighted by atomic mass is 10.0. The summed E-state index contributed by atoms with van der Waals surface area (Å²) in [6, 6.07) is 6.61. The number of ketones is 2. The third-order valence-corrected chi connectivity index (χ3v) is 5.47. The van der Waals surface area contributed by atoms with Crippen LogP contribution in [0.25, 0.3) is 0 Å². The van der Waals surface area contributed by atoms with Gasteiger partial charge in [-0.2, -0.15) is 0 Å². The molecule has 0 fully saturated rings. The van der Waals surface area contributed by atoms with Gasteiger partial charge >= 0.3 is 5.97 Å². The van der Waals surface area contributed by atoms with Gasteiger partial charge in [0.15, 0.2) is 5.78 Å². The van der Waals surface area contributed by atoms with Crippen LogP contribution >= 0.6 is 23.4 Å². The van der Waals surface area contributed by atoms with Gasteiger partial charge in [-0.05, 0) is 31.9 Å². The third kappa shape index (κ3) is 3.50. The molecular weight excluding hydrogens is 362 g/mol. The Balaban J connectivity index is 2.04. The predicted molar refractivity (Wildman–Crippen MR) is 96.1 cm³/mol. The van der Waals surface area contributed by atoms with Gasteiger partial charge in [0, 0.05) is 17.7 Å². The van der Waals surface area contributed by atoms with Crippen molar-refractivity contribution in [1.82, 2.24) is 5.32 Å². The van der Waals surface area contributed by atoms with Crippen LogP contribution in [-0.2, 0) is 14.3 Å². The van der Waals surface area contributed by atoms with Crippen molar-refractivity contribution in [2.45, 2.75) is 26.2 Å². The molecule has 1 aliphatic carbocycles. The van der Waals surface area contributed by atoms with E-state index in [0.29, 0.717) is 28.5 Å². The molecular formula is C18H16ClNO4S. The number of rotatable bonds is 4. The highest BCUT2D eigenvalue weighted by molar-refractivity contribution is 8.08. The molecule has 0 atom stereocenters. The van der Waals surface area contributed by atoms with Gasteiger partial charge < -0.3 is 10.1 Å². The number of Topliss-reactive ketones (excluding diaryl/α,β-unsaturated/α-hetero) is 2. The van der Waals surface area contributed by atoms with Crippen LogP contribution in [0.15, 0.2) is 45.5 Å². The maximum absolute atomic E-state index is 13.0. The second-order valence-corrected chi connectivity index (χ2v) is 6.97. The molecule has 3 rings (SSSR count). The normalized spacial score (nSPS) is 17.1. The number of allylic oxidation sites excluding steroid dienone is 3. The number of ether oxygens (including phenoxy) is 1. The Bertz CT molecular complexity index is 828. The topological polar surface area (TPSA) is 72.5 Å². The molecule has 0 aromatic heterocycles. The van der Waals surface area contributed by atoms with Crippen molar-refractivity contribution in [3.63, 3.8) is 0 Å². The van der Waals surface area contributed by atoms with Crippen LogP contribution in [0.2, 0.25) is 5.02 Å². The first-order valence-electron chi connectivity index (χ1n) is 7.94. The maximum atomic E-state index is 13.0. The van der Waals surface area contributed by atoms with Gasteiger partial charge in [0.2, 0.25) is 5.78 Å². The number of benzene rings is 1. The second kappa shape index (κ2) is 7.45. The smallest absolute Gasteiger partial charge is 0.356 e. The first kappa shape index (κ1) is 17.8. The highest BCUT2D eigenvalue weighted by Crippen LogP contribution is 2.41. The molecule has 0 saturated heterocycles. The monoisotopic (exact) mass is 377 g/mol. The van der Waals surface area contributed by atoms with Crippen molar-refractivity contribution in [2.75, 3.05) is 6.61 Å². The Morgan fingerprint density at radius 1 is 1.28 bits per heavy atom. The molecule has 1 heterocycles. The number of carbonyl (C=O) groups excluding carboxylic acids is 3. The molecule has 0 unspecified atom stereocenters. The lowest BCUT2D eigenvalue weighted by Gasteiger charge is -2.27. The zero-order valence-corrected chi connectivity index (χ0v) is 15.1. The molecule has 130 valence electrons. The molecule has 7 heteroatoms. The lowest BCUT2D eigenvalue weighted by Crippen LogP contribution is -2.32. The molecule has 25 heavy (non-hydrogen) atoms. The molecule has 0 bridgehead atoms. The van der Waals surface area contributed by atoms with E-state index >= 15 is 0 Å². The minimum absolute atomic E-state index is 0.0221. The van der Waals surface area contributed by atoms with Gasteiger partial charge in [0.25, 0.3) is 0 Å². The summed E-state index contributed by atoms with van der Waals surface area (Å²) in [5.74, 6) is -1.04. The molecule has 0 radical (unpaired) electrons. The van der Waals surface area contributed by atoms with E-state index in [0.717, 1.165) is 18.2 Å². The fourth-order valence-corrected chi connectivity index (χ4v) is 4.05. The summed E-state index contributed by atoms with van der Waals surface area (Å²) in [6.07, 6.45) is 1.81. The minimum Gasteiger partial charge on any atom is -0.461 e. The van der Waals surface area contributed by atoms with Crippen LogP contribution in [0, 0.1) is 0 Å². The zero-order valence-electron chi connectivity index (χ0n) is 13.6. The van der Waals surface area contributed by atoms with E-state index in [4.69, 9.17) is 16.3 Å². The maximum Gasteiger partial charge on any atom is 0.356 e. The van der Waals surface area contributed by atoms with Gasteiger partial charge in [-0.1, -0.05) is 35.5 Å². The highest BCUT2D eigenvalue weighted by atomic mass is 35.5. The number of carbonyl (C=O) groups is 3. The molecule has 0 spiro atoms. The quantitative estimate of drug-likeness (QED) is 0.638. The summed E-state index contributed by atoms with van der Waals surface area (Å²) < 4.78 is 5.07. The molecule has 1 aromatic rings. The summed E-state index contributed by atoms with van der Waals surface area (Å²) in [4.78, 5) is 38.2. The van der Waals surface area contributed by atoms with Gasteiger partial charge in [0.1, 0.15) is 5.70 Å². The summed E-state index contributed by atoms with van der Waals surface area (Å²) in [6.45, 7) is 1.88. The minimum atomic E-state index is -0.616. The van der Waals surface area contributed by atoms with E-state index in [-0.39, 0.29) is 28.6 Å². The summed E-state index contributed by atoms with van der Waals surface area (Å²) in [5.41, 5.74) is 1.04. The van der Waals surface area contributed by atoms with Crippen LogP contribution in [0.1, 0.15) is 36.5 Å². The summed E-state index contributed by atoms with van der Waals surface area (Å²) in [5, 5.41) is 3.26. The Kier molecular flexibility index (Phi) is 5.30. The average Bonchev–Trinajstić information content (AvgIpc) is 2.61. The summed E-state index contributed by atoms with van der Waals surface area (Å²) >= 11 is 7.16. The van der Waals surface area contributed by atoms with E-state index < -0.39 is 11.8 Å². The first-order chi connectivity index (χ1) is 12.0. The average molecular weight is 378 g/mol. The van der Waals surface area contributed by atoms with Crippen LogP contribution in [-0.4, -0.2) is 24.1 Å². The standard InChI is InChI=1S/C18H16ClNO4S/c1-2-24-18(23)14-17(15(22)10-6-3-4-7-11(10)19)25-16-12(20-14)8-5-9-13(16)21/h3-4,6-7,20H,2,5,8-9H2,1H3. The third-order valence-electron chi connectivity index (χ3n) is 3.87. The number of thioether (sulfide) groups is 1. The van der Waals surface area contributed by atoms with Crippen molar-refractivity contribution in [1.29, 1.82) is 0 Å². The predicted octanol–water partition coefficient (Wildman–Crippen LogP) is 3.60. The van der Waals surface area contributed by atoms with Crippen molar-refractivity contribution in [3.8, 4) is 0 Å². The molecule has 0 amide bonds. The highest BCUT2D eigenvalue weighted by Gasteiger charge is 2.35. The van der Waals surface area contributed by atoms with Crippen molar-refractivity contribution in [2.24, 2.45) is 0 Å². The van der Waals surface area contributed by atoms with Crippen molar-refractivity contribution < 1.29 is 19.1 Å². The van der Waals surface area contributed by atoms with Crippen LogP contribution in [0.5, 0.6) is 0 Å². The van der Waals surface area contributed by atoms with Gasteiger partial charge in [-0.3, -0.25) is 9.59 Å². The second-order valence-electron chi connectivity index (χ2n) is 5.55. The van der Waals surface area contributed by atoms with Gasteiger partial charge in [-0.15, -0.1) is 0 Å². The lowest BCUT2D eigenvalue weighted by molar-refractivity contribution is -0.139. The largest absolute Gasteiger partial charge is 0.461 e. The molecule has 0 saturated carbocycles. The summed E-state index contributed by atoms with van der Waals surface area (Å²) in [7, 11) is 0. The number of nitrogens with one attached hydrogen (secondary N) is 1. The first-order valence-corrected chi connectivity index (χ1v) is 9.14. The van der Waals surface area contributed by atoms with E-state index in [9.17, 15) is 14.4 Å². The molecule has 1 N–H and O–H groups in total. The van der Waals surface area contributed by atoms with Crippen LogP contribution in [0.3, 0.4) is 0 Å². The number of halogens is 1. The molecule has 1 aliphatic heterocycles. The number of hydrogen-bond donors (Lipinski definition) is 1. The Labute approximate surface area is 154 Å². The van der Waals surface area contributed by atoms with E-state index in [1.165, 1.54) is 0 Å². The van der Waals surface area contributed by atoms with Crippen LogP contribution in [0.4, 0.5) is 0 Å². The Morgan fingerprint density at radius 3 is 2.76 bits per heavy atom. The van der Waals surface area contributed by atoms with Crippen molar-refractivity contribution in [3.05, 3.63) is 56.1 Å². The number of esters is 1. The van der Waals surface area contributed by atoms with E-state index in [1.54, 1.807) is 31.2 Å². The van der Waals surface area contributed by atoms with Crippen LogP contribution < -0.4 is 5.32 Å². The SMILES string of the molecule is CCOC(=O)C1=C(C(=O)c2ccccc2Cl)SC2=C(CCCC2=O)N1.